The van der Waals surface area contributed by atoms with E-state index in [9.17, 15) is 5.11 Å². The van der Waals surface area contributed by atoms with Gasteiger partial charge in [0.2, 0.25) is 0 Å². The third-order valence-electron chi connectivity index (χ3n) is 3.36. The summed E-state index contributed by atoms with van der Waals surface area (Å²) < 4.78 is 0. The predicted octanol–water partition coefficient (Wildman–Crippen LogP) is 5.09. The van der Waals surface area contributed by atoms with Gasteiger partial charge < -0.3 is 5.11 Å². The third kappa shape index (κ3) is 2.19. The van der Waals surface area contributed by atoms with Crippen LogP contribution in [0.4, 0.5) is 0 Å². The first-order valence-corrected chi connectivity index (χ1v) is 8.45. The number of benzene rings is 2. The molecule has 0 fully saturated rings. The lowest BCUT2D eigenvalue weighted by molar-refractivity contribution is 0.281. The molecule has 1 N–H and O–H groups in total. The average molecular weight is 332 g/mol. The lowest BCUT2D eigenvalue weighted by atomic mass is 10.1. The highest BCUT2D eigenvalue weighted by Gasteiger charge is 2.23. The van der Waals surface area contributed by atoms with Crippen molar-refractivity contribution in [1.29, 1.82) is 0 Å². The molecule has 0 spiro atoms. The molecule has 21 heavy (non-hydrogen) atoms. The number of aromatic nitrogens is 1. The summed E-state index contributed by atoms with van der Waals surface area (Å²) in [5, 5.41) is 10.9. The normalized spacial score (nSPS) is 12.3. The van der Waals surface area contributed by atoms with Gasteiger partial charge in [0.1, 0.15) is 5.01 Å². The molecule has 0 bridgehead atoms. The highest BCUT2D eigenvalue weighted by atomic mass is 35.5. The number of fused-ring (bicyclic) bond motifs is 5. The minimum absolute atomic E-state index is 0.0318. The first-order chi connectivity index (χ1) is 10.3. The minimum Gasteiger partial charge on any atom is -0.389 e. The van der Waals surface area contributed by atoms with Gasteiger partial charge in [-0.2, -0.15) is 0 Å². The molecule has 0 saturated heterocycles. The molecule has 2 nitrogen and oxygen atoms in total. The number of aliphatic hydroxyl groups excluding tert-OH is 1. The fourth-order valence-electron chi connectivity index (χ4n) is 2.44. The van der Waals surface area contributed by atoms with Gasteiger partial charge in [-0.3, -0.25) is 0 Å². The highest BCUT2D eigenvalue weighted by molar-refractivity contribution is 7.99. The number of rotatable bonds is 1. The first-order valence-electron chi connectivity index (χ1n) is 6.44. The molecule has 4 rings (SSSR count). The zero-order valence-electron chi connectivity index (χ0n) is 10.8. The Balaban J connectivity index is 2.07. The van der Waals surface area contributed by atoms with Crippen molar-refractivity contribution in [1.82, 2.24) is 4.98 Å². The van der Waals surface area contributed by atoms with Crippen LogP contribution in [0, 0.1) is 0 Å². The summed E-state index contributed by atoms with van der Waals surface area (Å²) in [7, 11) is 0. The van der Waals surface area contributed by atoms with Crippen LogP contribution in [0.5, 0.6) is 0 Å². The molecule has 3 aromatic rings. The topological polar surface area (TPSA) is 33.1 Å². The van der Waals surface area contributed by atoms with Gasteiger partial charge in [0.15, 0.2) is 0 Å². The monoisotopic (exact) mass is 331 g/mol. The number of aliphatic hydroxyl groups is 1. The van der Waals surface area contributed by atoms with Gasteiger partial charge in [-0.15, -0.1) is 11.3 Å². The summed E-state index contributed by atoms with van der Waals surface area (Å²) in [5.74, 6) is 0. The molecular formula is C16H10ClNOS2. The van der Waals surface area contributed by atoms with E-state index < -0.39 is 0 Å². The van der Waals surface area contributed by atoms with Gasteiger partial charge in [-0.25, -0.2) is 4.98 Å². The Morgan fingerprint density at radius 2 is 1.90 bits per heavy atom. The second-order valence-corrected chi connectivity index (χ2v) is 7.29. The first kappa shape index (κ1) is 13.3. The molecule has 0 amide bonds. The molecule has 0 saturated carbocycles. The average Bonchev–Trinajstić information content (AvgIpc) is 2.87. The largest absolute Gasteiger partial charge is 0.389 e. The van der Waals surface area contributed by atoms with Gasteiger partial charge in [0.25, 0.3) is 0 Å². The van der Waals surface area contributed by atoms with Crippen molar-refractivity contribution in [2.24, 2.45) is 0 Å². The van der Waals surface area contributed by atoms with Crippen LogP contribution in [-0.4, -0.2) is 10.1 Å². The molecule has 0 radical (unpaired) electrons. The number of nitrogens with zero attached hydrogens (tertiary/aromatic N) is 1. The van der Waals surface area contributed by atoms with E-state index in [1.165, 1.54) is 10.5 Å². The van der Waals surface area contributed by atoms with Crippen LogP contribution >= 0.6 is 34.7 Å². The summed E-state index contributed by atoms with van der Waals surface area (Å²) in [5.41, 5.74) is 3.18. The van der Waals surface area contributed by atoms with Crippen LogP contribution in [0.1, 0.15) is 5.01 Å². The van der Waals surface area contributed by atoms with E-state index in [1.807, 2.05) is 30.3 Å². The van der Waals surface area contributed by atoms with E-state index in [-0.39, 0.29) is 6.61 Å². The van der Waals surface area contributed by atoms with Crippen molar-refractivity contribution in [3.63, 3.8) is 0 Å². The molecule has 0 unspecified atom stereocenters. The number of hydrogen-bond acceptors (Lipinski definition) is 4. The van der Waals surface area contributed by atoms with E-state index in [0.29, 0.717) is 0 Å². The zero-order valence-corrected chi connectivity index (χ0v) is 13.2. The van der Waals surface area contributed by atoms with Gasteiger partial charge in [0.05, 0.1) is 17.2 Å². The highest BCUT2D eigenvalue weighted by Crippen LogP contribution is 2.50. The standard InChI is InChI=1S/C16H10ClNOS2/c17-9-5-6-10-13(7-9)20-12-4-2-1-3-11(12)16-15(10)18-14(8-19)21-16/h1-7,19H,8H2. The molecule has 2 aromatic carbocycles. The number of halogens is 1. The van der Waals surface area contributed by atoms with E-state index in [1.54, 1.807) is 23.1 Å². The van der Waals surface area contributed by atoms with E-state index in [0.717, 1.165) is 31.1 Å². The van der Waals surface area contributed by atoms with Crippen molar-refractivity contribution in [2.45, 2.75) is 16.4 Å². The second kappa shape index (κ2) is 5.14. The predicted molar refractivity (Wildman–Crippen MR) is 88.0 cm³/mol. The molecule has 104 valence electrons. The number of hydrogen-bond donors (Lipinski definition) is 1. The molecular weight excluding hydrogens is 322 g/mol. The zero-order chi connectivity index (χ0) is 14.4. The Bertz CT molecular complexity index is 844. The van der Waals surface area contributed by atoms with Crippen LogP contribution in [0.15, 0.2) is 52.3 Å². The van der Waals surface area contributed by atoms with E-state index >= 15 is 0 Å². The Kier molecular flexibility index (Phi) is 3.27. The summed E-state index contributed by atoms with van der Waals surface area (Å²) in [6.45, 7) is -0.0318. The summed E-state index contributed by atoms with van der Waals surface area (Å²) >= 11 is 9.41. The number of thiazole rings is 1. The van der Waals surface area contributed by atoms with Crippen molar-refractivity contribution in [3.05, 3.63) is 52.5 Å². The fraction of sp³-hybridized carbons (Fsp3) is 0.0625. The third-order valence-corrected chi connectivity index (χ3v) is 5.80. The van der Waals surface area contributed by atoms with Crippen molar-refractivity contribution in [2.75, 3.05) is 0 Å². The van der Waals surface area contributed by atoms with Gasteiger partial charge in [0, 0.05) is 25.9 Å². The van der Waals surface area contributed by atoms with Crippen LogP contribution in [-0.2, 0) is 6.61 Å². The Hall–Kier alpha value is -1.33. The van der Waals surface area contributed by atoms with Gasteiger partial charge >= 0.3 is 0 Å². The Morgan fingerprint density at radius 3 is 2.76 bits per heavy atom. The van der Waals surface area contributed by atoms with Gasteiger partial charge in [-0.1, -0.05) is 47.6 Å². The molecule has 0 atom stereocenters. The Labute approximate surface area is 135 Å². The van der Waals surface area contributed by atoms with Crippen LogP contribution in [0.25, 0.3) is 21.7 Å². The molecule has 1 aliphatic rings. The molecule has 1 aromatic heterocycles. The molecule has 1 aliphatic heterocycles. The lowest BCUT2D eigenvalue weighted by Crippen LogP contribution is -1.85. The van der Waals surface area contributed by atoms with Crippen LogP contribution < -0.4 is 0 Å². The second-order valence-electron chi connectivity index (χ2n) is 4.68. The summed E-state index contributed by atoms with van der Waals surface area (Å²) in [4.78, 5) is 8.01. The van der Waals surface area contributed by atoms with E-state index in [2.05, 4.69) is 17.1 Å². The van der Waals surface area contributed by atoms with Crippen LogP contribution in [0.2, 0.25) is 5.02 Å². The van der Waals surface area contributed by atoms with Crippen molar-refractivity contribution >= 4 is 34.7 Å². The lowest BCUT2D eigenvalue weighted by Gasteiger charge is -2.06. The molecule has 2 heterocycles. The maximum absolute atomic E-state index is 9.42. The quantitative estimate of drug-likeness (QED) is 0.527. The molecule has 0 aliphatic carbocycles. The van der Waals surface area contributed by atoms with Crippen molar-refractivity contribution < 1.29 is 5.11 Å². The SMILES string of the molecule is OCc1nc2c(s1)-c1ccccc1Sc1cc(Cl)ccc1-2. The van der Waals surface area contributed by atoms with Gasteiger partial charge in [-0.05, 0) is 18.2 Å². The maximum Gasteiger partial charge on any atom is 0.119 e. The van der Waals surface area contributed by atoms with Crippen molar-refractivity contribution in [3.8, 4) is 21.7 Å². The van der Waals surface area contributed by atoms with Crippen LogP contribution in [0.3, 0.4) is 0 Å². The smallest absolute Gasteiger partial charge is 0.119 e. The fourth-order valence-corrected chi connectivity index (χ4v) is 4.84. The Morgan fingerprint density at radius 1 is 1.05 bits per heavy atom. The summed E-state index contributed by atoms with van der Waals surface area (Å²) in [6, 6.07) is 14.2. The molecule has 5 heteroatoms. The summed E-state index contributed by atoms with van der Waals surface area (Å²) in [6.07, 6.45) is 0. The minimum atomic E-state index is -0.0318. The maximum atomic E-state index is 9.42. The van der Waals surface area contributed by atoms with E-state index in [4.69, 9.17) is 11.6 Å².